The number of carboxylic acid groups (broad SMARTS) is 1. The summed E-state index contributed by atoms with van der Waals surface area (Å²) in [5, 5.41) is 34.9. The Morgan fingerprint density at radius 2 is 1.79 bits per heavy atom. The summed E-state index contributed by atoms with van der Waals surface area (Å²) in [7, 11) is 0. The summed E-state index contributed by atoms with van der Waals surface area (Å²) in [5.74, 6) is -2.90. The Kier molecular flexibility index (Phi) is 8.22. The van der Waals surface area contributed by atoms with E-state index in [1.165, 1.54) is 12.1 Å². The van der Waals surface area contributed by atoms with Gasteiger partial charge in [0.05, 0.1) is 18.1 Å². The second-order valence-electron chi connectivity index (χ2n) is 13.0. The fourth-order valence-corrected chi connectivity index (χ4v) is 8.40. The lowest BCUT2D eigenvalue weighted by molar-refractivity contribution is -0.181. The van der Waals surface area contributed by atoms with Crippen LogP contribution in [0.5, 0.6) is 0 Å². The average molecular weight is 594 g/mol. The number of nitrogens with one attached hydrogen (secondary N) is 1. The summed E-state index contributed by atoms with van der Waals surface area (Å²) in [6.45, 7) is 3.47. The smallest absolute Gasteiger partial charge is 0.335 e. The highest BCUT2D eigenvalue weighted by Crippen LogP contribution is 2.67. The number of fused-ring (bicyclic) bond motifs is 5. The molecule has 4 aliphatic carbocycles. The number of ketones is 2. The maximum Gasteiger partial charge on any atom is 0.335 e. The number of aliphatic hydroxyl groups is 2. The van der Waals surface area contributed by atoms with Gasteiger partial charge >= 0.3 is 11.9 Å². The second-order valence-corrected chi connectivity index (χ2v) is 13.0. The molecule has 1 aromatic carbocycles. The summed E-state index contributed by atoms with van der Waals surface area (Å²) in [5.41, 5.74) is -1.24. The molecule has 0 unspecified atom stereocenters. The van der Waals surface area contributed by atoms with Crippen LogP contribution in [0.25, 0.3) is 0 Å². The molecule has 0 heterocycles. The highest BCUT2D eigenvalue weighted by atomic mass is 16.5. The molecule has 0 bridgehead atoms. The molecule has 0 saturated heterocycles. The Balaban J connectivity index is 1.14. The predicted octanol–water partition coefficient (Wildman–Crippen LogP) is 2.90. The molecule has 0 spiro atoms. The minimum Gasteiger partial charge on any atom is -0.478 e. The molecule has 0 aromatic heterocycles. The van der Waals surface area contributed by atoms with E-state index in [2.05, 4.69) is 12.2 Å². The van der Waals surface area contributed by atoms with Gasteiger partial charge in [0.15, 0.2) is 12.4 Å². The van der Waals surface area contributed by atoms with Crippen LogP contribution >= 0.6 is 0 Å². The third-order valence-electron chi connectivity index (χ3n) is 10.7. The largest absolute Gasteiger partial charge is 0.478 e. The first-order valence-corrected chi connectivity index (χ1v) is 14.9. The Morgan fingerprint density at radius 1 is 1.07 bits per heavy atom. The normalized spacial score (nSPS) is 34.3. The number of aliphatic hydroxyl groups excluding tert-OH is 1. The molecule has 4 N–H and O–H groups in total. The number of esters is 1. The summed E-state index contributed by atoms with van der Waals surface area (Å²) in [6, 6.07) is 6.05. The van der Waals surface area contributed by atoms with Crippen LogP contribution in [-0.4, -0.2) is 63.0 Å². The number of amides is 1. The van der Waals surface area contributed by atoms with Gasteiger partial charge in [-0.1, -0.05) is 37.6 Å². The van der Waals surface area contributed by atoms with Crippen molar-refractivity contribution >= 4 is 29.4 Å². The highest BCUT2D eigenvalue weighted by Gasteiger charge is 2.68. The highest BCUT2D eigenvalue weighted by molar-refractivity contribution is 6.01. The van der Waals surface area contributed by atoms with Crippen LogP contribution < -0.4 is 5.32 Å². The van der Waals surface area contributed by atoms with Crippen LogP contribution in [0.2, 0.25) is 0 Å². The summed E-state index contributed by atoms with van der Waals surface area (Å²) in [4.78, 5) is 60.9. The quantitative estimate of drug-likeness (QED) is 0.315. The standard InChI is InChI=1S/C33H39NO9/c1-31-13-11-22(35)15-21(31)7-8-23-24-12-14-33(42,32(24,2)16-25(36)29(23)31)26(37)18-43-28(39)10-9-27(38)34-17-19-3-5-20(6-4-19)30(40)41/h3-6,11,13,15,23-25,29,36,42H,7-10,12,14,16-18H2,1-2H3,(H,34,38)(H,40,41)/t23-,24+,25-,29-,31-,32-,33+/m0/s1. The van der Waals surface area contributed by atoms with Crippen LogP contribution in [0.1, 0.15) is 74.7 Å². The summed E-state index contributed by atoms with van der Waals surface area (Å²) in [6.07, 6.45) is 6.51. The molecule has 0 aliphatic heterocycles. The van der Waals surface area contributed by atoms with Gasteiger partial charge in [-0.2, -0.15) is 0 Å². The van der Waals surface area contributed by atoms with Gasteiger partial charge in [-0.05, 0) is 73.8 Å². The van der Waals surface area contributed by atoms with E-state index >= 15 is 0 Å². The number of ether oxygens (including phenoxy) is 1. The van der Waals surface area contributed by atoms with E-state index in [4.69, 9.17) is 9.84 Å². The van der Waals surface area contributed by atoms with E-state index in [0.29, 0.717) is 12.0 Å². The molecular formula is C33H39NO9. The van der Waals surface area contributed by atoms with Crippen molar-refractivity contribution in [2.24, 2.45) is 28.6 Å². The zero-order chi connectivity index (χ0) is 31.2. The van der Waals surface area contributed by atoms with Crippen molar-refractivity contribution in [2.75, 3.05) is 6.61 Å². The van der Waals surface area contributed by atoms with E-state index in [0.717, 1.165) is 18.4 Å². The number of allylic oxidation sites excluding steroid dienone is 4. The Morgan fingerprint density at radius 3 is 2.49 bits per heavy atom. The zero-order valence-corrected chi connectivity index (χ0v) is 24.5. The van der Waals surface area contributed by atoms with Crippen LogP contribution in [0.15, 0.2) is 48.1 Å². The van der Waals surface area contributed by atoms with Crippen molar-refractivity contribution in [2.45, 2.75) is 77.0 Å². The van der Waals surface area contributed by atoms with Gasteiger partial charge in [-0.25, -0.2) is 4.79 Å². The van der Waals surface area contributed by atoms with E-state index in [-0.39, 0.29) is 61.3 Å². The molecule has 1 amide bonds. The van der Waals surface area contributed by atoms with Gasteiger partial charge in [-0.15, -0.1) is 0 Å². The minimum atomic E-state index is -1.76. The minimum absolute atomic E-state index is 0.0148. The molecule has 3 saturated carbocycles. The van der Waals surface area contributed by atoms with E-state index in [9.17, 15) is 34.2 Å². The second kappa shape index (κ2) is 11.5. The summed E-state index contributed by atoms with van der Waals surface area (Å²) < 4.78 is 5.19. The lowest BCUT2D eigenvalue weighted by Crippen LogP contribution is -2.61. The Labute approximate surface area is 250 Å². The van der Waals surface area contributed by atoms with Gasteiger partial charge in [0, 0.05) is 29.7 Å². The Hall–Kier alpha value is -3.63. The maximum atomic E-state index is 13.4. The van der Waals surface area contributed by atoms with Crippen molar-refractivity contribution in [3.05, 3.63) is 59.2 Å². The molecule has 4 aliphatic rings. The molecule has 230 valence electrons. The van der Waals surface area contributed by atoms with Crippen molar-refractivity contribution in [3.8, 4) is 0 Å². The molecule has 10 heteroatoms. The topological polar surface area (TPSA) is 167 Å². The number of carboxylic acids is 1. The molecule has 5 rings (SSSR count). The van der Waals surface area contributed by atoms with Gasteiger partial charge in [0.1, 0.15) is 5.60 Å². The average Bonchev–Trinajstić information content (AvgIpc) is 3.24. The number of rotatable bonds is 9. The van der Waals surface area contributed by atoms with Crippen LogP contribution in [0.4, 0.5) is 0 Å². The number of carbonyl (C=O) groups is 5. The van der Waals surface area contributed by atoms with Gasteiger partial charge in [0.2, 0.25) is 11.7 Å². The maximum absolute atomic E-state index is 13.4. The molecule has 10 nitrogen and oxygen atoms in total. The number of carbonyl (C=O) groups excluding carboxylic acids is 4. The fraction of sp³-hybridized carbons (Fsp3) is 0.545. The SMILES string of the molecule is C[C@]12C=CC(=O)C=C1CC[C@@H]1[C@H]2[C@@H](O)C[C@@]2(C)[C@@H]1CC[C@@]2(O)C(=O)COC(=O)CCC(=O)NCc1ccc(C(=O)O)cc1. The monoisotopic (exact) mass is 593 g/mol. The van der Waals surface area contributed by atoms with Crippen molar-refractivity contribution in [1.82, 2.24) is 5.32 Å². The number of Topliss-reactive ketones (excluding diaryl/α,β-unsaturated/α-hetero) is 1. The van der Waals surface area contributed by atoms with Gasteiger partial charge < -0.3 is 25.4 Å². The Bertz CT molecular complexity index is 1400. The lowest BCUT2D eigenvalue weighted by atomic mass is 9.46. The zero-order valence-electron chi connectivity index (χ0n) is 24.5. The third-order valence-corrected chi connectivity index (χ3v) is 10.7. The van der Waals surface area contributed by atoms with Crippen molar-refractivity contribution < 1.29 is 44.0 Å². The van der Waals surface area contributed by atoms with Crippen LogP contribution in [-0.2, 0) is 30.5 Å². The number of benzene rings is 1. The first-order chi connectivity index (χ1) is 20.3. The summed E-state index contributed by atoms with van der Waals surface area (Å²) >= 11 is 0. The number of aromatic carboxylic acids is 1. The van der Waals surface area contributed by atoms with Crippen LogP contribution in [0, 0.1) is 28.6 Å². The fourth-order valence-electron chi connectivity index (χ4n) is 8.40. The number of hydrogen-bond acceptors (Lipinski definition) is 8. The first kappa shape index (κ1) is 30.8. The van der Waals surface area contributed by atoms with Crippen molar-refractivity contribution in [1.29, 1.82) is 0 Å². The lowest BCUT2D eigenvalue weighted by Gasteiger charge is -2.59. The van der Waals surface area contributed by atoms with Gasteiger partial charge in [-0.3, -0.25) is 19.2 Å². The molecule has 7 atom stereocenters. The number of hydrogen-bond donors (Lipinski definition) is 4. The molecule has 1 aromatic rings. The molecule has 0 radical (unpaired) electrons. The van der Waals surface area contributed by atoms with E-state index in [1.807, 2.05) is 13.0 Å². The van der Waals surface area contributed by atoms with Gasteiger partial charge in [0.25, 0.3) is 0 Å². The molecular weight excluding hydrogens is 554 g/mol. The first-order valence-electron chi connectivity index (χ1n) is 14.9. The van der Waals surface area contributed by atoms with Crippen molar-refractivity contribution in [3.63, 3.8) is 0 Å². The third kappa shape index (κ3) is 5.47. The van der Waals surface area contributed by atoms with Crippen LogP contribution in [0.3, 0.4) is 0 Å². The molecule has 3 fully saturated rings. The molecule has 43 heavy (non-hydrogen) atoms. The van der Waals surface area contributed by atoms with E-state index < -0.39 is 52.8 Å². The predicted molar refractivity (Wildman–Crippen MR) is 153 cm³/mol. The van der Waals surface area contributed by atoms with E-state index in [1.54, 1.807) is 24.3 Å².